The van der Waals surface area contributed by atoms with Crippen molar-refractivity contribution in [3.8, 4) is 5.75 Å². The summed E-state index contributed by atoms with van der Waals surface area (Å²) in [6.07, 6.45) is 6.36. The number of methoxy groups -OCH3 is 1. The second-order valence-electron chi connectivity index (χ2n) is 4.38. The third kappa shape index (κ3) is 2.36. The molecule has 2 aromatic heterocycles. The van der Waals surface area contributed by atoms with E-state index in [2.05, 4.69) is 15.4 Å². The number of nitrogens with zero attached hydrogens (tertiary/aromatic N) is 3. The van der Waals surface area contributed by atoms with Gasteiger partial charge in [0.05, 0.1) is 36.3 Å². The molecule has 1 amide bonds. The first-order chi connectivity index (χ1) is 10.2. The molecule has 3 N–H and O–H groups in total. The summed E-state index contributed by atoms with van der Waals surface area (Å²) in [7, 11) is 1.52. The molecule has 0 bridgehead atoms. The number of nitrogens with one attached hydrogen (secondary N) is 1. The van der Waals surface area contributed by atoms with Crippen LogP contribution in [0, 0.1) is 0 Å². The van der Waals surface area contributed by atoms with Crippen LogP contribution in [0.5, 0.6) is 5.75 Å². The first-order valence-electron chi connectivity index (χ1n) is 6.21. The van der Waals surface area contributed by atoms with Crippen LogP contribution in [-0.2, 0) is 0 Å². The lowest BCUT2D eigenvalue weighted by molar-refractivity contribution is 0.102. The minimum absolute atomic E-state index is 0.291. The van der Waals surface area contributed by atoms with Crippen molar-refractivity contribution in [2.75, 3.05) is 18.2 Å². The van der Waals surface area contributed by atoms with Crippen molar-refractivity contribution in [1.82, 2.24) is 14.6 Å². The van der Waals surface area contributed by atoms with Gasteiger partial charge in [-0.2, -0.15) is 5.10 Å². The average molecular weight is 283 g/mol. The molecular weight excluding hydrogens is 270 g/mol. The lowest BCUT2D eigenvalue weighted by atomic mass is 10.2. The number of fused-ring (bicyclic) bond motifs is 1. The highest BCUT2D eigenvalue weighted by Crippen LogP contribution is 2.27. The Morgan fingerprint density at radius 1 is 1.38 bits per heavy atom. The van der Waals surface area contributed by atoms with Crippen LogP contribution in [-0.4, -0.2) is 27.6 Å². The number of aromatic nitrogens is 3. The molecule has 0 unspecified atom stereocenters. The van der Waals surface area contributed by atoms with Gasteiger partial charge < -0.3 is 15.8 Å². The van der Waals surface area contributed by atoms with Crippen LogP contribution in [0.2, 0.25) is 0 Å². The minimum atomic E-state index is -0.291. The van der Waals surface area contributed by atoms with Gasteiger partial charge in [0.25, 0.3) is 5.91 Å². The van der Waals surface area contributed by atoms with E-state index in [1.807, 2.05) is 0 Å². The Morgan fingerprint density at radius 2 is 2.24 bits per heavy atom. The Balaban J connectivity index is 1.93. The van der Waals surface area contributed by atoms with Crippen molar-refractivity contribution in [2.24, 2.45) is 0 Å². The predicted octanol–water partition coefficient (Wildman–Crippen LogP) is 1.57. The first-order valence-corrected chi connectivity index (χ1v) is 6.21. The van der Waals surface area contributed by atoms with Crippen LogP contribution in [0.1, 0.15) is 10.4 Å². The molecule has 0 aliphatic rings. The molecule has 0 saturated heterocycles. The van der Waals surface area contributed by atoms with E-state index < -0.39 is 0 Å². The first kappa shape index (κ1) is 12.9. The summed E-state index contributed by atoms with van der Waals surface area (Å²) >= 11 is 0. The maximum Gasteiger partial charge on any atom is 0.259 e. The molecule has 7 nitrogen and oxygen atoms in total. The summed E-state index contributed by atoms with van der Waals surface area (Å²) in [4.78, 5) is 16.4. The highest BCUT2D eigenvalue weighted by molar-refractivity contribution is 6.09. The average Bonchev–Trinajstić information content (AvgIpc) is 2.93. The Kier molecular flexibility index (Phi) is 3.15. The Hall–Kier alpha value is -3.09. The topological polar surface area (TPSA) is 94.5 Å². The van der Waals surface area contributed by atoms with E-state index in [0.717, 1.165) is 0 Å². The quantitative estimate of drug-likeness (QED) is 0.711. The van der Waals surface area contributed by atoms with Gasteiger partial charge in [-0.05, 0) is 12.1 Å². The van der Waals surface area contributed by atoms with Gasteiger partial charge >= 0.3 is 0 Å². The Bertz CT molecular complexity index is 812. The third-order valence-corrected chi connectivity index (χ3v) is 3.04. The lowest BCUT2D eigenvalue weighted by Crippen LogP contribution is -2.12. The van der Waals surface area contributed by atoms with Gasteiger partial charge in [0, 0.05) is 24.1 Å². The van der Waals surface area contributed by atoms with E-state index in [4.69, 9.17) is 10.5 Å². The molecule has 21 heavy (non-hydrogen) atoms. The van der Waals surface area contributed by atoms with Gasteiger partial charge in [0.1, 0.15) is 5.75 Å². The number of carbonyl (C=O) groups excluding carboxylic acids is 1. The fourth-order valence-corrected chi connectivity index (χ4v) is 2.01. The molecule has 1 aromatic carbocycles. The molecule has 106 valence electrons. The maximum absolute atomic E-state index is 12.4. The Labute approximate surface area is 120 Å². The summed E-state index contributed by atoms with van der Waals surface area (Å²) in [5.74, 6) is 0.207. The van der Waals surface area contributed by atoms with E-state index in [0.29, 0.717) is 28.2 Å². The van der Waals surface area contributed by atoms with E-state index in [1.54, 1.807) is 41.3 Å². The summed E-state index contributed by atoms with van der Waals surface area (Å²) in [6, 6.07) is 5.03. The molecule has 0 aliphatic carbocycles. The molecule has 0 spiro atoms. The molecular formula is C14H13N5O2. The molecule has 0 aliphatic heterocycles. The molecule has 0 fully saturated rings. The number of nitrogens with two attached hydrogens (primary N) is 1. The minimum Gasteiger partial charge on any atom is -0.494 e. The fraction of sp³-hybridized carbons (Fsp3) is 0.0714. The molecule has 0 atom stereocenters. The third-order valence-electron chi connectivity index (χ3n) is 3.04. The molecule has 3 rings (SSSR count). The number of hydrogen-bond donors (Lipinski definition) is 2. The SMILES string of the molecule is COc1cc(N)ccc1NC(=O)c1cnn2ccncc12. The van der Waals surface area contributed by atoms with Crippen LogP contribution in [0.3, 0.4) is 0 Å². The largest absolute Gasteiger partial charge is 0.494 e. The number of nitrogen functional groups attached to an aromatic ring is 1. The zero-order chi connectivity index (χ0) is 14.8. The smallest absolute Gasteiger partial charge is 0.259 e. The normalized spacial score (nSPS) is 10.5. The summed E-state index contributed by atoms with van der Waals surface area (Å²) in [6.45, 7) is 0. The lowest BCUT2D eigenvalue weighted by Gasteiger charge is -2.10. The zero-order valence-electron chi connectivity index (χ0n) is 11.3. The van der Waals surface area contributed by atoms with E-state index in [-0.39, 0.29) is 5.91 Å². The second-order valence-corrected chi connectivity index (χ2v) is 4.38. The van der Waals surface area contributed by atoms with Crippen LogP contribution in [0.15, 0.2) is 43.0 Å². The van der Waals surface area contributed by atoms with Crippen LogP contribution < -0.4 is 15.8 Å². The number of benzene rings is 1. The van der Waals surface area contributed by atoms with Gasteiger partial charge in [0.15, 0.2) is 0 Å². The summed E-state index contributed by atoms with van der Waals surface area (Å²) in [5, 5.41) is 6.89. The van der Waals surface area contributed by atoms with Crippen LogP contribution in [0.25, 0.3) is 5.52 Å². The van der Waals surface area contributed by atoms with Crippen molar-refractivity contribution in [3.63, 3.8) is 0 Å². The number of hydrogen-bond acceptors (Lipinski definition) is 5. The number of rotatable bonds is 3. The molecule has 0 saturated carbocycles. The van der Waals surface area contributed by atoms with Crippen molar-refractivity contribution in [3.05, 3.63) is 48.5 Å². The molecule has 3 aromatic rings. The fourth-order valence-electron chi connectivity index (χ4n) is 2.01. The summed E-state index contributed by atoms with van der Waals surface area (Å²) < 4.78 is 6.79. The van der Waals surface area contributed by atoms with Gasteiger partial charge in [-0.1, -0.05) is 0 Å². The van der Waals surface area contributed by atoms with Crippen LogP contribution in [0.4, 0.5) is 11.4 Å². The summed E-state index contributed by atoms with van der Waals surface area (Å²) in [5.41, 5.74) is 7.85. The van der Waals surface area contributed by atoms with Crippen molar-refractivity contribution in [1.29, 1.82) is 0 Å². The van der Waals surface area contributed by atoms with E-state index >= 15 is 0 Å². The highest BCUT2D eigenvalue weighted by Gasteiger charge is 2.14. The van der Waals surface area contributed by atoms with Crippen molar-refractivity contribution >= 4 is 22.8 Å². The van der Waals surface area contributed by atoms with E-state index in [9.17, 15) is 4.79 Å². The Morgan fingerprint density at radius 3 is 3.05 bits per heavy atom. The number of ether oxygens (including phenoxy) is 1. The number of amides is 1. The van der Waals surface area contributed by atoms with Crippen LogP contribution >= 0.6 is 0 Å². The van der Waals surface area contributed by atoms with Gasteiger partial charge in [-0.25, -0.2) is 4.52 Å². The second kappa shape index (κ2) is 5.12. The highest BCUT2D eigenvalue weighted by atomic mass is 16.5. The maximum atomic E-state index is 12.4. The van der Waals surface area contributed by atoms with E-state index in [1.165, 1.54) is 13.3 Å². The molecule has 2 heterocycles. The number of carbonyl (C=O) groups is 1. The van der Waals surface area contributed by atoms with Gasteiger partial charge in [-0.15, -0.1) is 0 Å². The van der Waals surface area contributed by atoms with Crippen molar-refractivity contribution < 1.29 is 9.53 Å². The zero-order valence-corrected chi connectivity index (χ0v) is 11.3. The van der Waals surface area contributed by atoms with Gasteiger partial charge in [-0.3, -0.25) is 9.78 Å². The molecule has 7 heteroatoms. The standard InChI is InChI=1S/C14H13N5O2/c1-21-13-6-9(15)2-3-11(13)18-14(20)10-7-17-19-5-4-16-8-12(10)19/h2-8H,15H2,1H3,(H,18,20). The number of anilines is 2. The van der Waals surface area contributed by atoms with Gasteiger partial charge in [0.2, 0.25) is 0 Å². The molecule has 0 radical (unpaired) electrons. The monoisotopic (exact) mass is 283 g/mol. The predicted molar refractivity (Wildman–Crippen MR) is 78.3 cm³/mol. The van der Waals surface area contributed by atoms with Crippen molar-refractivity contribution in [2.45, 2.75) is 0 Å².